The molecule has 1 aromatic heterocycles. The van der Waals surface area contributed by atoms with Crippen LogP contribution in [0.3, 0.4) is 0 Å². The Bertz CT molecular complexity index is 1250. The van der Waals surface area contributed by atoms with Gasteiger partial charge in [0, 0.05) is 5.02 Å². The van der Waals surface area contributed by atoms with Crippen LogP contribution in [0.25, 0.3) is 0 Å². The largest absolute Gasteiger partial charge is 0.493 e. The van der Waals surface area contributed by atoms with Crippen LogP contribution >= 0.6 is 22.9 Å². The second-order valence-electron chi connectivity index (χ2n) is 7.98. The first kappa shape index (κ1) is 25.8. The summed E-state index contributed by atoms with van der Waals surface area (Å²) >= 11 is 6.81. The summed E-state index contributed by atoms with van der Waals surface area (Å²) in [4.78, 5) is 25.4. The Morgan fingerprint density at radius 3 is 2.50 bits per heavy atom. The van der Waals surface area contributed by atoms with Crippen molar-refractivity contribution in [1.29, 1.82) is 0 Å². The molecular weight excluding hydrogens is 521 g/mol. The van der Waals surface area contributed by atoms with Crippen molar-refractivity contribution in [3.63, 3.8) is 0 Å². The van der Waals surface area contributed by atoms with Gasteiger partial charge in [-0.3, -0.25) is 4.79 Å². The molecular formula is C24H20ClF3N2O5S. The van der Waals surface area contributed by atoms with Gasteiger partial charge in [0.2, 0.25) is 5.72 Å². The highest BCUT2D eigenvalue weighted by Gasteiger charge is 2.66. The summed E-state index contributed by atoms with van der Waals surface area (Å²) in [5.74, 6) is -2.67. The van der Waals surface area contributed by atoms with E-state index in [1.54, 1.807) is 24.3 Å². The summed E-state index contributed by atoms with van der Waals surface area (Å²) in [5.41, 5.74) is -2.89. The fourth-order valence-corrected chi connectivity index (χ4v) is 4.76. The SMILES string of the molecule is COc1cc([C@@H]2NC(=O)N[C@](O)(C(F)(F)F)[C@@H]2C(=O)c2cccs2)ccc1OCc1ccc(Cl)cc1. The average Bonchev–Trinajstić information content (AvgIpc) is 3.37. The number of ketones is 1. The number of rotatable bonds is 7. The number of benzene rings is 2. The zero-order valence-electron chi connectivity index (χ0n) is 18.6. The molecule has 3 aromatic rings. The summed E-state index contributed by atoms with van der Waals surface area (Å²) in [6.07, 6.45) is -5.34. The van der Waals surface area contributed by atoms with Gasteiger partial charge < -0.3 is 25.2 Å². The summed E-state index contributed by atoms with van der Waals surface area (Å²) in [6, 6.07) is 11.2. The first-order chi connectivity index (χ1) is 17.0. The molecule has 4 rings (SSSR count). The third kappa shape index (κ3) is 4.99. The van der Waals surface area contributed by atoms with E-state index in [0.29, 0.717) is 5.02 Å². The Hall–Kier alpha value is -3.28. The molecule has 0 unspecified atom stereocenters. The Kier molecular flexibility index (Phi) is 7.17. The lowest BCUT2D eigenvalue weighted by Gasteiger charge is -2.44. The number of urea groups is 1. The van der Waals surface area contributed by atoms with Crippen molar-refractivity contribution >= 4 is 34.8 Å². The van der Waals surface area contributed by atoms with Crippen LogP contribution in [-0.4, -0.2) is 35.9 Å². The van der Waals surface area contributed by atoms with Gasteiger partial charge in [0.25, 0.3) is 0 Å². The molecule has 3 atom stereocenters. The monoisotopic (exact) mass is 540 g/mol. The lowest BCUT2D eigenvalue weighted by molar-refractivity contribution is -0.287. The number of methoxy groups -OCH3 is 1. The van der Waals surface area contributed by atoms with E-state index in [2.05, 4.69) is 5.32 Å². The number of hydrogen-bond acceptors (Lipinski definition) is 6. The van der Waals surface area contributed by atoms with Crippen molar-refractivity contribution in [3.8, 4) is 11.5 Å². The Morgan fingerprint density at radius 2 is 1.89 bits per heavy atom. The number of amides is 2. The van der Waals surface area contributed by atoms with E-state index in [0.717, 1.165) is 16.9 Å². The maximum Gasteiger partial charge on any atom is 0.437 e. The van der Waals surface area contributed by atoms with E-state index < -0.39 is 35.7 Å². The van der Waals surface area contributed by atoms with Crippen LogP contribution < -0.4 is 20.1 Å². The number of carbonyl (C=O) groups excluding carboxylic acids is 2. The minimum Gasteiger partial charge on any atom is -0.493 e. The summed E-state index contributed by atoms with van der Waals surface area (Å²) in [7, 11) is 1.34. The Labute approximate surface area is 212 Å². The van der Waals surface area contributed by atoms with Gasteiger partial charge in [-0.2, -0.15) is 13.2 Å². The molecule has 36 heavy (non-hydrogen) atoms. The van der Waals surface area contributed by atoms with Gasteiger partial charge in [-0.05, 0) is 46.8 Å². The zero-order chi connectivity index (χ0) is 26.1. The lowest BCUT2D eigenvalue weighted by Crippen LogP contribution is -2.72. The number of alkyl halides is 3. The van der Waals surface area contributed by atoms with Crippen molar-refractivity contribution in [3.05, 3.63) is 81.0 Å². The van der Waals surface area contributed by atoms with E-state index >= 15 is 0 Å². The molecule has 0 spiro atoms. The molecule has 12 heteroatoms. The quantitative estimate of drug-likeness (QED) is 0.363. The van der Waals surface area contributed by atoms with Gasteiger partial charge in [0.05, 0.1) is 18.0 Å². The third-order valence-corrected chi connectivity index (χ3v) is 6.84. The summed E-state index contributed by atoms with van der Waals surface area (Å²) in [6.45, 7) is 0.157. The van der Waals surface area contributed by atoms with Crippen LogP contribution in [0.2, 0.25) is 5.02 Å². The molecule has 0 bridgehead atoms. The fourth-order valence-electron chi connectivity index (χ4n) is 3.93. The minimum atomic E-state index is -5.34. The zero-order valence-corrected chi connectivity index (χ0v) is 20.2. The van der Waals surface area contributed by atoms with Crippen LogP contribution in [0.1, 0.15) is 26.8 Å². The van der Waals surface area contributed by atoms with Gasteiger partial charge in [-0.1, -0.05) is 35.9 Å². The molecule has 2 aromatic carbocycles. The first-order valence-electron chi connectivity index (χ1n) is 10.5. The number of nitrogens with one attached hydrogen (secondary N) is 2. The van der Waals surface area contributed by atoms with Crippen molar-refractivity contribution in [2.24, 2.45) is 5.92 Å². The number of Topliss-reactive ketones (excluding diaryl/α,β-unsaturated/α-hetero) is 1. The number of ether oxygens (including phenoxy) is 2. The molecule has 2 amide bonds. The molecule has 0 radical (unpaired) electrons. The van der Waals surface area contributed by atoms with Crippen molar-refractivity contribution < 1.29 is 37.3 Å². The lowest BCUT2D eigenvalue weighted by atomic mass is 9.78. The highest BCUT2D eigenvalue weighted by atomic mass is 35.5. The molecule has 0 saturated carbocycles. The molecule has 1 aliphatic heterocycles. The van der Waals surface area contributed by atoms with Crippen LogP contribution in [0, 0.1) is 5.92 Å². The number of hydrogen-bond donors (Lipinski definition) is 3. The average molecular weight is 541 g/mol. The molecule has 190 valence electrons. The second kappa shape index (κ2) is 10.00. The standard InChI is InChI=1S/C24H20ClF3N2O5S/c1-34-17-11-14(6-9-16(17)35-12-13-4-7-15(25)8-5-13)20-19(21(31)18-3-2-10-36-18)23(33,24(26,27)28)30-22(32)29-20/h2-11,19-20,33H,12H2,1H3,(H2,29,30,32)/t19-,20-,23+/m0/s1. The molecule has 1 fully saturated rings. The highest BCUT2D eigenvalue weighted by molar-refractivity contribution is 7.12. The smallest absolute Gasteiger partial charge is 0.437 e. The third-order valence-electron chi connectivity index (χ3n) is 5.71. The summed E-state index contributed by atoms with van der Waals surface area (Å²) in [5, 5.41) is 16.6. The maximum absolute atomic E-state index is 14.0. The van der Waals surface area contributed by atoms with E-state index in [1.165, 1.54) is 48.1 Å². The molecule has 3 N–H and O–H groups in total. The second-order valence-corrected chi connectivity index (χ2v) is 9.37. The van der Waals surface area contributed by atoms with E-state index in [9.17, 15) is 27.9 Å². The highest BCUT2D eigenvalue weighted by Crippen LogP contribution is 2.45. The number of carbonyl (C=O) groups is 2. The predicted molar refractivity (Wildman–Crippen MR) is 126 cm³/mol. The van der Waals surface area contributed by atoms with Crippen LogP contribution in [0.4, 0.5) is 18.0 Å². The van der Waals surface area contributed by atoms with E-state index in [4.69, 9.17) is 21.1 Å². The molecule has 1 aliphatic rings. The Balaban J connectivity index is 1.70. The van der Waals surface area contributed by atoms with E-state index in [-0.39, 0.29) is 28.5 Å². The predicted octanol–water partition coefficient (Wildman–Crippen LogP) is 5.09. The Morgan fingerprint density at radius 1 is 1.17 bits per heavy atom. The molecule has 1 saturated heterocycles. The van der Waals surface area contributed by atoms with Crippen LogP contribution in [0.15, 0.2) is 60.0 Å². The normalized spacial score (nSPS) is 21.9. The number of aliphatic hydroxyl groups is 1. The maximum atomic E-state index is 14.0. The van der Waals surface area contributed by atoms with Gasteiger partial charge in [-0.25, -0.2) is 4.79 Å². The van der Waals surface area contributed by atoms with Crippen LogP contribution in [0.5, 0.6) is 11.5 Å². The number of halogens is 4. The van der Waals surface area contributed by atoms with E-state index in [1.807, 2.05) is 0 Å². The minimum absolute atomic E-state index is 0.000469. The summed E-state index contributed by atoms with van der Waals surface area (Å²) < 4.78 is 53.3. The topological polar surface area (TPSA) is 96.9 Å². The molecule has 2 heterocycles. The van der Waals surface area contributed by atoms with Crippen molar-refractivity contribution in [1.82, 2.24) is 10.6 Å². The van der Waals surface area contributed by atoms with Gasteiger partial charge in [0.1, 0.15) is 12.5 Å². The van der Waals surface area contributed by atoms with Crippen molar-refractivity contribution in [2.75, 3.05) is 7.11 Å². The molecule has 7 nitrogen and oxygen atoms in total. The fraction of sp³-hybridized carbons (Fsp3) is 0.250. The first-order valence-corrected chi connectivity index (χ1v) is 11.8. The van der Waals surface area contributed by atoms with Gasteiger partial charge >= 0.3 is 12.2 Å². The van der Waals surface area contributed by atoms with Gasteiger partial charge in [-0.15, -0.1) is 11.3 Å². The van der Waals surface area contributed by atoms with Gasteiger partial charge in [0.15, 0.2) is 17.3 Å². The number of thiophene rings is 1. The van der Waals surface area contributed by atoms with Crippen molar-refractivity contribution in [2.45, 2.75) is 24.6 Å². The van der Waals surface area contributed by atoms with Crippen LogP contribution in [-0.2, 0) is 6.61 Å². The molecule has 0 aliphatic carbocycles.